The Morgan fingerprint density at radius 2 is 2.04 bits per heavy atom. The maximum absolute atomic E-state index is 13.0. The Labute approximate surface area is 166 Å². The summed E-state index contributed by atoms with van der Waals surface area (Å²) in [5.41, 5.74) is 1.21. The minimum Gasteiger partial charge on any atom is -0.350 e. The number of rotatable bonds is 6. The summed E-state index contributed by atoms with van der Waals surface area (Å²) in [4.78, 5) is 12.4. The molecule has 1 amide bonds. The molecular weight excluding hydrogens is 379 g/mol. The zero-order chi connectivity index (χ0) is 19.7. The molecule has 146 valence electrons. The summed E-state index contributed by atoms with van der Waals surface area (Å²) < 4.78 is 18.2. The van der Waals surface area contributed by atoms with Crippen LogP contribution in [-0.2, 0) is 6.42 Å². The van der Waals surface area contributed by atoms with Crippen LogP contribution in [0.1, 0.15) is 53.2 Å². The number of aromatic nitrogens is 3. The van der Waals surface area contributed by atoms with Gasteiger partial charge in [-0.05, 0) is 43.0 Å². The molecule has 3 aromatic rings. The fourth-order valence-electron chi connectivity index (χ4n) is 3.25. The van der Waals surface area contributed by atoms with Gasteiger partial charge >= 0.3 is 0 Å². The molecule has 0 saturated heterocycles. The second-order valence-corrected chi connectivity index (χ2v) is 8.58. The number of carbonyl (C=O) groups excluding carboxylic acids is 1. The van der Waals surface area contributed by atoms with E-state index in [1.807, 2.05) is 0 Å². The summed E-state index contributed by atoms with van der Waals surface area (Å²) >= 11 is 1.68. The van der Waals surface area contributed by atoms with Gasteiger partial charge in [0.15, 0.2) is 0 Å². The molecule has 0 radical (unpaired) electrons. The highest BCUT2D eigenvalue weighted by molar-refractivity contribution is 7.11. The first-order valence-electron chi connectivity index (χ1n) is 9.33. The molecule has 8 heteroatoms. The fraction of sp³-hybridized carbons (Fsp3) is 0.400. The van der Waals surface area contributed by atoms with Crippen LogP contribution in [0, 0.1) is 11.7 Å². The molecule has 0 aliphatic heterocycles. The number of nitrogens with one attached hydrogen (secondary N) is 1. The summed E-state index contributed by atoms with van der Waals surface area (Å²) in [6, 6.07) is 7.61. The average Bonchev–Trinajstić information content (AvgIpc) is 3.30. The highest BCUT2D eigenvalue weighted by Gasteiger charge is 2.32. The number of benzene rings is 1. The lowest BCUT2D eigenvalue weighted by Crippen LogP contribution is -2.44. The van der Waals surface area contributed by atoms with Gasteiger partial charge in [-0.15, -0.1) is 21.5 Å². The number of carbonyl (C=O) groups is 1. The van der Waals surface area contributed by atoms with Gasteiger partial charge in [-0.3, -0.25) is 4.79 Å². The molecule has 28 heavy (non-hydrogen) atoms. The summed E-state index contributed by atoms with van der Waals surface area (Å²) in [6.45, 7) is 4.23. The second kappa shape index (κ2) is 7.79. The largest absolute Gasteiger partial charge is 0.350 e. The average molecular weight is 400 g/mol. The van der Waals surface area contributed by atoms with E-state index in [0.717, 1.165) is 29.3 Å². The van der Waals surface area contributed by atoms with E-state index in [9.17, 15) is 9.18 Å². The van der Waals surface area contributed by atoms with Crippen molar-refractivity contribution in [2.45, 2.75) is 45.1 Å². The molecule has 2 heterocycles. The molecule has 0 unspecified atom stereocenters. The molecule has 1 aromatic carbocycles. The first-order valence-corrected chi connectivity index (χ1v) is 10.2. The van der Waals surface area contributed by atoms with Crippen LogP contribution < -0.4 is 5.32 Å². The van der Waals surface area contributed by atoms with Gasteiger partial charge < -0.3 is 9.84 Å². The van der Waals surface area contributed by atoms with Crippen molar-refractivity contribution in [3.8, 4) is 11.3 Å². The molecular formula is C20H21FN4O2S. The van der Waals surface area contributed by atoms with Gasteiger partial charge in [-0.2, -0.15) is 0 Å². The fourth-order valence-corrected chi connectivity index (χ4v) is 4.20. The van der Waals surface area contributed by atoms with Crippen LogP contribution in [0.4, 0.5) is 4.39 Å². The molecule has 2 aromatic heterocycles. The predicted octanol–water partition coefficient (Wildman–Crippen LogP) is 4.21. The summed E-state index contributed by atoms with van der Waals surface area (Å²) in [6.07, 6.45) is 2.75. The second-order valence-electron chi connectivity index (χ2n) is 7.48. The lowest BCUT2D eigenvalue weighted by Gasteiger charge is -2.35. The minimum atomic E-state index is -0.321. The summed E-state index contributed by atoms with van der Waals surface area (Å²) in [5.74, 6) is 0.485. The monoisotopic (exact) mass is 400 g/mol. The Morgan fingerprint density at radius 1 is 1.29 bits per heavy atom. The standard InChI is InChI=1S/C20H21FN4O2S/c1-11(2)20-24-23-18(28-20)9-12-7-15(8-12)22-19(26)17-10-16(25-27-17)13-3-5-14(21)6-4-13/h3-6,10-12,15H,7-9H2,1-2H3,(H,22,26). The van der Waals surface area contributed by atoms with Crippen LogP contribution in [0.5, 0.6) is 0 Å². The normalized spacial score (nSPS) is 18.9. The summed E-state index contributed by atoms with van der Waals surface area (Å²) in [7, 11) is 0. The third-order valence-electron chi connectivity index (χ3n) is 4.88. The molecule has 0 atom stereocenters. The van der Waals surface area contributed by atoms with Crippen molar-refractivity contribution in [2.75, 3.05) is 0 Å². The molecule has 1 aliphatic carbocycles. The highest BCUT2D eigenvalue weighted by Crippen LogP contribution is 2.32. The van der Waals surface area contributed by atoms with Crippen molar-refractivity contribution in [1.29, 1.82) is 0 Å². The molecule has 1 N–H and O–H groups in total. The third kappa shape index (κ3) is 4.11. The maximum atomic E-state index is 13.0. The number of hydrogen-bond donors (Lipinski definition) is 1. The van der Waals surface area contributed by atoms with Crippen molar-refractivity contribution < 1.29 is 13.7 Å². The van der Waals surface area contributed by atoms with Crippen molar-refractivity contribution in [2.24, 2.45) is 5.92 Å². The van der Waals surface area contributed by atoms with Crippen LogP contribution in [0.25, 0.3) is 11.3 Å². The van der Waals surface area contributed by atoms with E-state index < -0.39 is 0 Å². The predicted molar refractivity (Wildman–Crippen MR) is 104 cm³/mol. The molecule has 1 fully saturated rings. The topological polar surface area (TPSA) is 80.9 Å². The van der Waals surface area contributed by atoms with Gasteiger partial charge in [0, 0.05) is 30.0 Å². The van der Waals surface area contributed by atoms with E-state index in [0.29, 0.717) is 23.1 Å². The van der Waals surface area contributed by atoms with Crippen LogP contribution in [0.3, 0.4) is 0 Å². The Hall–Kier alpha value is -2.61. The first kappa shape index (κ1) is 18.7. The first-order chi connectivity index (χ1) is 13.5. The minimum absolute atomic E-state index is 0.134. The van der Waals surface area contributed by atoms with Crippen LogP contribution >= 0.6 is 11.3 Å². The lowest BCUT2D eigenvalue weighted by atomic mass is 9.78. The SMILES string of the molecule is CC(C)c1nnc(CC2CC(NC(=O)c3cc(-c4ccc(F)cc4)no3)C2)s1. The van der Waals surface area contributed by atoms with E-state index in [2.05, 4.69) is 34.5 Å². The zero-order valence-corrected chi connectivity index (χ0v) is 16.5. The zero-order valence-electron chi connectivity index (χ0n) is 15.7. The highest BCUT2D eigenvalue weighted by atomic mass is 32.1. The van der Waals surface area contributed by atoms with Crippen LogP contribution in [0.15, 0.2) is 34.9 Å². The van der Waals surface area contributed by atoms with Gasteiger partial charge in [0.25, 0.3) is 5.91 Å². The molecule has 6 nitrogen and oxygen atoms in total. The van der Waals surface area contributed by atoms with E-state index in [1.165, 1.54) is 12.1 Å². The van der Waals surface area contributed by atoms with E-state index in [-0.39, 0.29) is 23.5 Å². The van der Waals surface area contributed by atoms with Crippen LogP contribution in [0.2, 0.25) is 0 Å². The van der Waals surface area contributed by atoms with Gasteiger partial charge in [-0.1, -0.05) is 19.0 Å². The van der Waals surface area contributed by atoms with Gasteiger partial charge in [0.1, 0.15) is 21.5 Å². The van der Waals surface area contributed by atoms with Crippen molar-refractivity contribution in [3.63, 3.8) is 0 Å². The van der Waals surface area contributed by atoms with Gasteiger partial charge in [-0.25, -0.2) is 4.39 Å². The number of nitrogens with zero attached hydrogens (tertiary/aromatic N) is 3. The molecule has 1 saturated carbocycles. The molecule has 0 spiro atoms. The van der Waals surface area contributed by atoms with Crippen molar-refractivity contribution in [1.82, 2.24) is 20.7 Å². The maximum Gasteiger partial charge on any atom is 0.290 e. The quantitative estimate of drug-likeness (QED) is 0.670. The molecule has 4 rings (SSSR count). The molecule has 0 bridgehead atoms. The Balaban J connectivity index is 1.28. The Bertz CT molecular complexity index is 961. The lowest BCUT2D eigenvalue weighted by molar-refractivity contribution is 0.0852. The Morgan fingerprint density at radius 3 is 2.71 bits per heavy atom. The van der Waals surface area contributed by atoms with E-state index in [1.54, 1.807) is 29.5 Å². The van der Waals surface area contributed by atoms with Crippen molar-refractivity contribution >= 4 is 17.2 Å². The summed E-state index contributed by atoms with van der Waals surface area (Å²) in [5, 5.41) is 17.5. The van der Waals surface area contributed by atoms with E-state index in [4.69, 9.17) is 4.52 Å². The third-order valence-corrected chi connectivity index (χ3v) is 6.13. The van der Waals surface area contributed by atoms with Crippen molar-refractivity contribution in [3.05, 3.63) is 51.9 Å². The van der Waals surface area contributed by atoms with E-state index >= 15 is 0 Å². The molecule has 1 aliphatic rings. The number of amides is 1. The van der Waals surface area contributed by atoms with Gasteiger partial charge in [0.05, 0.1) is 0 Å². The van der Waals surface area contributed by atoms with Gasteiger partial charge in [0.2, 0.25) is 5.76 Å². The Kier molecular flexibility index (Phi) is 5.21. The number of halogens is 1. The number of hydrogen-bond acceptors (Lipinski definition) is 6. The van der Waals surface area contributed by atoms with Crippen LogP contribution in [-0.4, -0.2) is 27.3 Å². The smallest absolute Gasteiger partial charge is 0.290 e.